The molecular formula is C15H16FNO. The van der Waals surface area contributed by atoms with Gasteiger partial charge in [-0.2, -0.15) is 0 Å². The molecule has 0 radical (unpaired) electrons. The van der Waals surface area contributed by atoms with Gasteiger partial charge in [-0.3, -0.25) is 0 Å². The fourth-order valence-electron chi connectivity index (χ4n) is 1.95. The predicted octanol–water partition coefficient (Wildman–Crippen LogP) is 4.09. The highest BCUT2D eigenvalue weighted by molar-refractivity contribution is 5.49. The molecule has 0 heterocycles. The zero-order chi connectivity index (χ0) is 13.0. The molecule has 2 aromatic carbocycles. The lowest BCUT2D eigenvalue weighted by Gasteiger charge is -2.19. The molecule has 0 aliphatic rings. The minimum atomic E-state index is -0.211. The van der Waals surface area contributed by atoms with Crippen molar-refractivity contribution < 1.29 is 9.50 Å². The zero-order valence-corrected chi connectivity index (χ0v) is 10.2. The molecule has 0 spiro atoms. The third-order valence-corrected chi connectivity index (χ3v) is 2.88. The molecule has 0 aliphatic carbocycles. The van der Waals surface area contributed by atoms with Crippen LogP contribution in [0.1, 0.15) is 24.9 Å². The summed E-state index contributed by atoms with van der Waals surface area (Å²) in [5, 5.41) is 12.6. The Hall–Kier alpha value is -2.03. The molecule has 2 aromatic rings. The Bertz CT molecular complexity index is 527. The first-order chi connectivity index (χ1) is 8.70. The van der Waals surface area contributed by atoms with E-state index in [0.29, 0.717) is 5.56 Å². The SMILES string of the molecule is CCC(Nc1cccc(O)c1)c1ccccc1F. The Kier molecular flexibility index (Phi) is 3.82. The van der Waals surface area contributed by atoms with Crippen LogP contribution in [0.5, 0.6) is 5.75 Å². The number of rotatable bonds is 4. The molecule has 0 saturated carbocycles. The molecule has 2 nitrogen and oxygen atoms in total. The van der Waals surface area contributed by atoms with Crippen molar-refractivity contribution >= 4 is 5.69 Å². The Balaban J connectivity index is 2.23. The van der Waals surface area contributed by atoms with Gasteiger partial charge in [0, 0.05) is 17.3 Å². The average molecular weight is 245 g/mol. The van der Waals surface area contributed by atoms with Crippen LogP contribution in [0.15, 0.2) is 48.5 Å². The second kappa shape index (κ2) is 5.54. The molecule has 3 heteroatoms. The van der Waals surface area contributed by atoms with Gasteiger partial charge < -0.3 is 10.4 Å². The summed E-state index contributed by atoms with van der Waals surface area (Å²) in [6.45, 7) is 1.99. The van der Waals surface area contributed by atoms with Crippen LogP contribution in [0.4, 0.5) is 10.1 Å². The Labute approximate surface area is 106 Å². The molecule has 2 rings (SSSR count). The van der Waals surface area contributed by atoms with E-state index in [1.165, 1.54) is 6.07 Å². The van der Waals surface area contributed by atoms with Gasteiger partial charge in [0.2, 0.25) is 0 Å². The normalized spacial score (nSPS) is 12.1. The van der Waals surface area contributed by atoms with Crippen LogP contribution in [0.25, 0.3) is 0 Å². The highest BCUT2D eigenvalue weighted by Gasteiger charge is 2.13. The minimum Gasteiger partial charge on any atom is -0.508 e. The van der Waals surface area contributed by atoms with Crippen LogP contribution in [0, 0.1) is 5.82 Å². The van der Waals surface area contributed by atoms with E-state index in [0.717, 1.165) is 12.1 Å². The van der Waals surface area contributed by atoms with Gasteiger partial charge in [0.15, 0.2) is 0 Å². The van der Waals surface area contributed by atoms with Gasteiger partial charge in [-0.1, -0.05) is 31.2 Å². The quantitative estimate of drug-likeness (QED) is 0.850. The number of nitrogens with one attached hydrogen (secondary N) is 1. The smallest absolute Gasteiger partial charge is 0.128 e. The molecule has 18 heavy (non-hydrogen) atoms. The third-order valence-electron chi connectivity index (χ3n) is 2.88. The van der Waals surface area contributed by atoms with E-state index in [-0.39, 0.29) is 17.6 Å². The summed E-state index contributed by atoms with van der Waals surface area (Å²) in [4.78, 5) is 0. The highest BCUT2D eigenvalue weighted by atomic mass is 19.1. The Morgan fingerprint density at radius 1 is 1.17 bits per heavy atom. The topological polar surface area (TPSA) is 32.3 Å². The lowest BCUT2D eigenvalue weighted by Crippen LogP contribution is -2.11. The van der Waals surface area contributed by atoms with Crippen molar-refractivity contribution in [3.05, 3.63) is 59.9 Å². The average Bonchev–Trinajstić information content (AvgIpc) is 2.37. The monoisotopic (exact) mass is 245 g/mol. The first kappa shape index (κ1) is 12.4. The summed E-state index contributed by atoms with van der Waals surface area (Å²) >= 11 is 0. The summed E-state index contributed by atoms with van der Waals surface area (Å²) in [5.74, 6) is -0.0135. The van der Waals surface area contributed by atoms with E-state index in [1.54, 1.807) is 30.3 Å². The second-order valence-corrected chi connectivity index (χ2v) is 4.18. The van der Waals surface area contributed by atoms with Crippen molar-refractivity contribution in [3.63, 3.8) is 0 Å². The number of anilines is 1. The van der Waals surface area contributed by atoms with Crippen molar-refractivity contribution in [3.8, 4) is 5.75 Å². The summed E-state index contributed by atoms with van der Waals surface area (Å²) in [6.07, 6.45) is 0.761. The fourth-order valence-corrected chi connectivity index (χ4v) is 1.95. The molecule has 94 valence electrons. The zero-order valence-electron chi connectivity index (χ0n) is 10.2. The van der Waals surface area contributed by atoms with Crippen LogP contribution in [-0.2, 0) is 0 Å². The molecule has 0 amide bonds. The molecule has 0 fully saturated rings. The van der Waals surface area contributed by atoms with Crippen molar-refractivity contribution in [1.82, 2.24) is 0 Å². The summed E-state index contributed by atoms with van der Waals surface area (Å²) < 4.78 is 13.7. The van der Waals surface area contributed by atoms with Crippen molar-refractivity contribution in [1.29, 1.82) is 0 Å². The maximum atomic E-state index is 13.7. The van der Waals surface area contributed by atoms with Crippen LogP contribution in [0.3, 0.4) is 0 Å². The van der Waals surface area contributed by atoms with E-state index < -0.39 is 0 Å². The van der Waals surface area contributed by atoms with E-state index in [2.05, 4.69) is 5.32 Å². The minimum absolute atomic E-state index is 0.104. The largest absolute Gasteiger partial charge is 0.508 e. The van der Waals surface area contributed by atoms with Gasteiger partial charge in [0.05, 0.1) is 6.04 Å². The maximum Gasteiger partial charge on any atom is 0.128 e. The van der Waals surface area contributed by atoms with Crippen LogP contribution < -0.4 is 5.32 Å². The van der Waals surface area contributed by atoms with Crippen LogP contribution in [-0.4, -0.2) is 5.11 Å². The van der Waals surface area contributed by atoms with E-state index in [9.17, 15) is 9.50 Å². The Morgan fingerprint density at radius 3 is 2.61 bits per heavy atom. The number of hydrogen-bond acceptors (Lipinski definition) is 2. The summed E-state index contributed by atoms with van der Waals surface area (Å²) in [6, 6.07) is 13.5. The lowest BCUT2D eigenvalue weighted by atomic mass is 10.0. The van der Waals surface area contributed by atoms with Gasteiger partial charge in [0.1, 0.15) is 11.6 Å². The molecule has 0 bridgehead atoms. The van der Waals surface area contributed by atoms with Crippen LogP contribution in [0.2, 0.25) is 0 Å². The van der Waals surface area contributed by atoms with Crippen molar-refractivity contribution in [2.75, 3.05) is 5.32 Å². The number of aromatic hydroxyl groups is 1. The molecule has 1 atom stereocenters. The van der Waals surface area contributed by atoms with Crippen molar-refractivity contribution in [2.24, 2.45) is 0 Å². The number of benzene rings is 2. The van der Waals surface area contributed by atoms with Gasteiger partial charge in [-0.15, -0.1) is 0 Å². The van der Waals surface area contributed by atoms with Gasteiger partial charge in [-0.05, 0) is 24.6 Å². The number of phenols is 1. The predicted molar refractivity (Wildman–Crippen MR) is 71.2 cm³/mol. The van der Waals surface area contributed by atoms with E-state index in [1.807, 2.05) is 19.1 Å². The number of hydrogen-bond donors (Lipinski definition) is 2. The third kappa shape index (κ3) is 2.80. The van der Waals surface area contributed by atoms with Gasteiger partial charge in [0.25, 0.3) is 0 Å². The highest BCUT2D eigenvalue weighted by Crippen LogP contribution is 2.26. The summed E-state index contributed by atoms with van der Waals surface area (Å²) in [5.41, 5.74) is 1.42. The molecule has 0 aromatic heterocycles. The first-order valence-corrected chi connectivity index (χ1v) is 6.00. The molecule has 2 N–H and O–H groups in total. The molecule has 0 aliphatic heterocycles. The molecule has 1 unspecified atom stereocenters. The first-order valence-electron chi connectivity index (χ1n) is 6.00. The van der Waals surface area contributed by atoms with Crippen molar-refractivity contribution in [2.45, 2.75) is 19.4 Å². The lowest BCUT2D eigenvalue weighted by molar-refractivity contribution is 0.475. The summed E-state index contributed by atoms with van der Waals surface area (Å²) in [7, 11) is 0. The number of phenolic OH excluding ortho intramolecular Hbond substituents is 1. The van der Waals surface area contributed by atoms with E-state index in [4.69, 9.17) is 0 Å². The standard InChI is InChI=1S/C15H16FNO/c1-2-15(13-8-3-4-9-14(13)16)17-11-6-5-7-12(18)10-11/h3-10,15,17-18H,2H2,1H3. The van der Waals surface area contributed by atoms with Gasteiger partial charge >= 0.3 is 0 Å². The number of halogens is 1. The fraction of sp³-hybridized carbons (Fsp3) is 0.200. The van der Waals surface area contributed by atoms with E-state index >= 15 is 0 Å². The molecular weight excluding hydrogens is 229 g/mol. The molecule has 0 saturated heterocycles. The van der Waals surface area contributed by atoms with Gasteiger partial charge in [-0.25, -0.2) is 4.39 Å². The van der Waals surface area contributed by atoms with Crippen LogP contribution >= 0.6 is 0 Å². The maximum absolute atomic E-state index is 13.7. The Morgan fingerprint density at radius 2 is 1.94 bits per heavy atom. The second-order valence-electron chi connectivity index (χ2n) is 4.18.